The first-order valence-corrected chi connectivity index (χ1v) is 6.91. The summed E-state index contributed by atoms with van der Waals surface area (Å²) in [7, 11) is 3.44. The molecule has 1 N–H and O–H groups in total. The van der Waals surface area contributed by atoms with Crippen molar-refractivity contribution in [3.8, 4) is 11.5 Å². The van der Waals surface area contributed by atoms with Crippen molar-refractivity contribution in [1.29, 1.82) is 0 Å². The highest BCUT2D eigenvalue weighted by atomic mass is 35.5. The normalized spacial score (nSPS) is 10.5. The molecule has 2 rings (SSSR count). The maximum Gasteiger partial charge on any atom is 0.166 e. The lowest BCUT2D eigenvalue weighted by molar-refractivity contribution is 0.280. The van der Waals surface area contributed by atoms with Crippen LogP contribution in [-0.2, 0) is 13.2 Å². The smallest absolute Gasteiger partial charge is 0.166 e. The van der Waals surface area contributed by atoms with E-state index in [1.807, 2.05) is 25.2 Å². The van der Waals surface area contributed by atoms with Gasteiger partial charge in [-0.3, -0.25) is 0 Å². The van der Waals surface area contributed by atoms with Crippen LogP contribution >= 0.6 is 11.6 Å². The number of rotatable bonds is 6. The van der Waals surface area contributed by atoms with Crippen molar-refractivity contribution in [2.75, 3.05) is 14.2 Å². The molecule has 0 saturated carbocycles. The number of nitrogens with one attached hydrogen (secondary N) is 1. The van der Waals surface area contributed by atoms with Crippen molar-refractivity contribution in [1.82, 2.24) is 5.32 Å². The van der Waals surface area contributed by atoms with Gasteiger partial charge in [0.05, 0.1) is 12.1 Å². The van der Waals surface area contributed by atoms with Crippen molar-refractivity contribution in [3.05, 3.63) is 58.4 Å². The Bertz CT molecular complexity index is 619. The lowest BCUT2D eigenvalue weighted by Gasteiger charge is -2.15. The Morgan fingerprint density at radius 3 is 2.57 bits per heavy atom. The average molecular weight is 310 g/mol. The van der Waals surface area contributed by atoms with Crippen LogP contribution in [0, 0.1) is 5.82 Å². The highest BCUT2D eigenvalue weighted by molar-refractivity contribution is 6.31. The van der Waals surface area contributed by atoms with Crippen LogP contribution in [0.5, 0.6) is 11.5 Å². The summed E-state index contributed by atoms with van der Waals surface area (Å²) in [6.07, 6.45) is 0. The third-order valence-corrected chi connectivity index (χ3v) is 3.47. The Morgan fingerprint density at radius 2 is 1.86 bits per heavy atom. The van der Waals surface area contributed by atoms with Crippen LogP contribution in [-0.4, -0.2) is 14.2 Å². The van der Waals surface area contributed by atoms with Gasteiger partial charge in [-0.15, -0.1) is 0 Å². The molecule has 5 heteroatoms. The molecule has 2 aromatic carbocycles. The summed E-state index contributed by atoms with van der Waals surface area (Å²) < 4.78 is 24.6. The van der Waals surface area contributed by atoms with E-state index < -0.39 is 5.82 Å². The summed E-state index contributed by atoms with van der Waals surface area (Å²) in [6.45, 7) is 0.817. The van der Waals surface area contributed by atoms with Crippen molar-refractivity contribution in [3.63, 3.8) is 0 Å². The number of ether oxygens (including phenoxy) is 2. The molecular formula is C16H17ClFNO2. The molecule has 0 saturated heterocycles. The molecule has 3 nitrogen and oxygen atoms in total. The van der Waals surface area contributed by atoms with Crippen LogP contribution in [0.3, 0.4) is 0 Å². The second-order valence-corrected chi connectivity index (χ2v) is 4.86. The minimum absolute atomic E-state index is 0.0857. The van der Waals surface area contributed by atoms with Gasteiger partial charge in [0, 0.05) is 17.7 Å². The molecule has 21 heavy (non-hydrogen) atoms. The molecule has 0 unspecified atom stereocenters. The molecule has 0 aromatic heterocycles. The van der Waals surface area contributed by atoms with E-state index in [2.05, 4.69) is 5.32 Å². The predicted molar refractivity (Wildman–Crippen MR) is 81.5 cm³/mol. The zero-order valence-electron chi connectivity index (χ0n) is 12.0. The zero-order chi connectivity index (χ0) is 15.2. The van der Waals surface area contributed by atoms with E-state index in [9.17, 15) is 4.39 Å². The maximum atomic E-state index is 13.4. The third kappa shape index (κ3) is 3.65. The summed E-state index contributed by atoms with van der Waals surface area (Å²) in [5.74, 6) is 0.818. The lowest BCUT2D eigenvalue weighted by Crippen LogP contribution is -2.08. The number of benzene rings is 2. The Kier molecular flexibility index (Phi) is 5.42. The topological polar surface area (TPSA) is 30.5 Å². The van der Waals surface area contributed by atoms with Gasteiger partial charge >= 0.3 is 0 Å². The van der Waals surface area contributed by atoms with E-state index in [1.54, 1.807) is 19.2 Å². The summed E-state index contributed by atoms with van der Waals surface area (Å²) in [6, 6.07) is 10.3. The monoisotopic (exact) mass is 309 g/mol. The molecular weight excluding hydrogens is 293 g/mol. The van der Waals surface area contributed by atoms with Crippen LogP contribution in [0.2, 0.25) is 5.02 Å². The molecule has 0 fully saturated rings. The van der Waals surface area contributed by atoms with Gasteiger partial charge in [-0.25, -0.2) is 4.39 Å². The Labute approximate surface area is 128 Å². The largest absolute Gasteiger partial charge is 0.493 e. The van der Waals surface area contributed by atoms with E-state index in [0.717, 1.165) is 5.56 Å². The van der Waals surface area contributed by atoms with Gasteiger partial charge in [-0.2, -0.15) is 0 Å². The minimum atomic E-state index is -0.451. The van der Waals surface area contributed by atoms with E-state index in [0.29, 0.717) is 23.6 Å². The second kappa shape index (κ2) is 7.29. The van der Waals surface area contributed by atoms with Gasteiger partial charge in [0.25, 0.3) is 0 Å². The Morgan fingerprint density at radius 1 is 1.14 bits per heavy atom. The fourth-order valence-electron chi connectivity index (χ4n) is 2.03. The molecule has 0 aliphatic heterocycles. The number of methoxy groups -OCH3 is 1. The summed E-state index contributed by atoms with van der Waals surface area (Å²) in [4.78, 5) is 0. The van der Waals surface area contributed by atoms with Crippen LogP contribution in [0.1, 0.15) is 11.1 Å². The van der Waals surface area contributed by atoms with Crippen LogP contribution in [0.4, 0.5) is 4.39 Å². The fraction of sp³-hybridized carbons (Fsp3) is 0.250. The maximum absolute atomic E-state index is 13.4. The molecule has 0 aliphatic carbocycles. The third-order valence-electron chi connectivity index (χ3n) is 3.05. The first-order valence-electron chi connectivity index (χ1n) is 6.53. The SMILES string of the molecule is CNCc1cccc(OC)c1OCc1cccc(F)c1Cl. The van der Waals surface area contributed by atoms with Crippen molar-refractivity contribution < 1.29 is 13.9 Å². The van der Waals surface area contributed by atoms with E-state index in [4.69, 9.17) is 21.1 Å². The van der Waals surface area contributed by atoms with Crippen LogP contribution in [0.15, 0.2) is 36.4 Å². The number of halogens is 2. The fourth-order valence-corrected chi connectivity index (χ4v) is 2.21. The van der Waals surface area contributed by atoms with Gasteiger partial charge in [0.1, 0.15) is 12.4 Å². The van der Waals surface area contributed by atoms with Gasteiger partial charge in [0.15, 0.2) is 11.5 Å². The van der Waals surface area contributed by atoms with Crippen LogP contribution in [0.25, 0.3) is 0 Å². The van der Waals surface area contributed by atoms with E-state index >= 15 is 0 Å². The highest BCUT2D eigenvalue weighted by Gasteiger charge is 2.12. The number of para-hydroxylation sites is 1. The Balaban J connectivity index is 2.24. The summed E-state index contributed by atoms with van der Waals surface area (Å²) in [5, 5.41) is 3.16. The van der Waals surface area contributed by atoms with Gasteiger partial charge < -0.3 is 14.8 Å². The first kappa shape index (κ1) is 15.6. The van der Waals surface area contributed by atoms with Crippen molar-refractivity contribution in [2.24, 2.45) is 0 Å². The Hall–Kier alpha value is -1.78. The molecule has 0 radical (unpaired) electrons. The molecule has 0 atom stereocenters. The van der Waals surface area contributed by atoms with E-state index in [-0.39, 0.29) is 11.6 Å². The second-order valence-electron chi connectivity index (χ2n) is 4.48. The quantitative estimate of drug-likeness (QED) is 0.880. The van der Waals surface area contributed by atoms with Gasteiger partial charge in [-0.05, 0) is 19.2 Å². The molecule has 0 bridgehead atoms. The predicted octanol–water partition coefficient (Wildman–Crippen LogP) is 3.79. The zero-order valence-corrected chi connectivity index (χ0v) is 12.7. The molecule has 0 aliphatic rings. The standard InChI is InChI=1S/C16H17ClFNO2/c1-19-9-11-5-4-8-14(20-2)16(11)21-10-12-6-3-7-13(18)15(12)17/h3-8,19H,9-10H2,1-2H3. The first-order chi connectivity index (χ1) is 10.2. The van der Waals surface area contributed by atoms with Crippen LogP contribution < -0.4 is 14.8 Å². The number of hydrogen-bond donors (Lipinski definition) is 1. The van der Waals surface area contributed by atoms with Gasteiger partial charge in [0.2, 0.25) is 0 Å². The highest BCUT2D eigenvalue weighted by Crippen LogP contribution is 2.32. The molecule has 0 heterocycles. The number of hydrogen-bond acceptors (Lipinski definition) is 3. The summed E-state index contributed by atoms with van der Waals surface area (Å²) >= 11 is 5.94. The molecule has 112 valence electrons. The van der Waals surface area contributed by atoms with E-state index in [1.165, 1.54) is 6.07 Å². The van der Waals surface area contributed by atoms with Crippen molar-refractivity contribution >= 4 is 11.6 Å². The minimum Gasteiger partial charge on any atom is -0.493 e. The summed E-state index contributed by atoms with van der Waals surface area (Å²) in [5.41, 5.74) is 1.56. The molecule has 0 spiro atoms. The average Bonchev–Trinajstić information content (AvgIpc) is 2.49. The van der Waals surface area contributed by atoms with Gasteiger partial charge in [-0.1, -0.05) is 35.9 Å². The van der Waals surface area contributed by atoms with Crippen molar-refractivity contribution in [2.45, 2.75) is 13.2 Å². The lowest BCUT2D eigenvalue weighted by atomic mass is 10.1. The molecule has 0 amide bonds. The molecule has 2 aromatic rings.